The Kier molecular flexibility index (Phi) is 9.19. The van der Waals surface area contributed by atoms with Gasteiger partial charge in [-0.3, -0.25) is 0 Å². The van der Waals surface area contributed by atoms with E-state index in [1.807, 2.05) is 0 Å². The van der Waals surface area contributed by atoms with Crippen molar-refractivity contribution in [3.63, 3.8) is 0 Å². The van der Waals surface area contributed by atoms with Gasteiger partial charge in [0.2, 0.25) is 0 Å². The third kappa shape index (κ3) is 10.0. The fraction of sp³-hybridized carbons (Fsp3) is 0.889. The number of rotatable bonds is 7. The second-order valence-electron chi connectivity index (χ2n) is 7.20. The third-order valence-corrected chi connectivity index (χ3v) is 3.69. The normalized spacial score (nSPS) is 17.8. The van der Waals surface area contributed by atoms with Crippen LogP contribution in [-0.2, 0) is 0 Å². The van der Waals surface area contributed by atoms with Gasteiger partial charge in [0.1, 0.15) is 0 Å². The summed E-state index contributed by atoms with van der Waals surface area (Å²) in [6.07, 6.45) is 3.49. The molecule has 2 N–H and O–H groups in total. The third-order valence-electron chi connectivity index (χ3n) is 3.69. The molecule has 0 radical (unpaired) electrons. The van der Waals surface area contributed by atoms with Crippen molar-refractivity contribution in [2.45, 2.75) is 73.8 Å². The maximum atomic E-state index is 6.13. The predicted octanol–water partition coefficient (Wildman–Crippen LogP) is 4.71. The largest absolute Gasteiger partial charge is 0.327 e. The summed E-state index contributed by atoms with van der Waals surface area (Å²) in [5.74, 6) is 9.84. The van der Waals surface area contributed by atoms with E-state index in [2.05, 4.69) is 60.3 Å². The van der Waals surface area contributed by atoms with Gasteiger partial charge >= 0.3 is 0 Å². The Hall–Kier alpha value is -0.480. The van der Waals surface area contributed by atoms with E-state index >= 15 is 0 Å². The lowest BCUT2D eigenvalue weighted by atomic mass is 9.88. The summed E-state index contributed by atoms with van der Waals surface area (Å²) in [4.78, 5) is 0. The summed E-state index contributed by atoms with van der Waals surface area (Å²) in [5.41, 5.74) is 6.13. The van der Waals surface area contributed by atoms with Crippen LogP contribution in [0.2, 0.25) is 0 Å². The number of hydrogen-bond donors (Lipinski definition) is 1. The Morgan fingerprint density at radius 2 is 1.21 bits per heavy atom. The molecule has 0 fully saturated rings. The summed E-state index contributed by atoms with van der Waals surface area (Å²) >= 11 is 0. The molecule has 1 nitrogen and oxygen atoms in total. The lowest BCUT2D eigenvalue weighted by Gasteiger charge is -2.21. The first-order valence-electron chi connectivity index (χ1n) is 7.98. The molecule has 19 heavy (non-hydrogen) atoms. The average Bonchev–Trinajstić information content (AvgIpc) is 2.24. The topological polar surface area (TPSA) is 26.0 Å². The quantitative estimate of drug-likeness (QED) is 0.663. The van der Waals surface area contributed by atoms with E-state index < -0.39 is 0 Å². The lowest BCUT2D eigenvalue weighted by Crippen LogP contribution is -2.28. The van der Waals surface area contributed by atoms with Crippen LogP contribution >= 0.6 is 0 Å². The van der Waals surface area contributed by atoms with Gasteiger partial charge in [-0.15, -0.1) is 0 Å². The average molecular weight is 265 g/mol. The Morgan fingerprint density at radius 1 is 0.737 bits per heavy atom. The molecule has 0 spiro atoms. The summed E-state index contributed by atoms with van der Waals surface area (Å²) in [6, 6.07) is 0.329. The van der Waals surface area contributed by atoms with Crippen molar-refractivity contribution in [1.29, 1.82) is 0 Å². The maximum absolute atomic E-state index is 6.13. The molecule has 0 saturated heterocycles. The summed E-state index contributed by atoms with van der Waals surface area (Å²) < 4.78 is 0. The molecule has 4 unspecified atom stereocenters. The first kappa shape index (κ1) is 18.5. The molecule has 0 aromatic heterocycles. The smallest absolute Gasteiger partial charge is 0.0177 e. The van der Waals surface area contributed by atoms with Crippen molar-refractivity contribution < 1.29 is 0 Å². The van der Waals surface area contributed by atoms with Crippen LogP contribution in [0.5, 0.6) is 0 Å². The van der Waals surface area contributed by atoms with E-state index in [9.17, 15) is 0 Å². The van der Waals surface area contributed by atoms with Gasteiger partial charge in [-0.05, 0) is 37.0 Å². The molecular formula is C18H35N. The monoisotopic (exact) mass is 265 g/mol. The fourth-order valence-electron chi connectivity index (χ4n) is 2.55. The van der Waals surface area contributed by atoms with Crippen LogP contribution in [0.3, 0.4) is 0 Å². The van der Waals surface area contributed by atoms with Crippen LogP contribution in [0.15, 0.2) is 0 Å². The van der Waals surface area contributed by atoms with Crippen LogP contribution in [0.25, 0.3) is 0 Å². The van der Waals surface area contributed by atoms with Gasteiger partial charge in [0.25, 0.3) is 0 Å². The van der Waals surface area contributed by atoms with Crippen LogP contribution in [-0.4, -0.2) is 6.04 Å². The molecule has 1 heteroatoms. The van der Waals surface area contributed by atoms with Crippen molar-refractivity contribution in [2.24, 2.45) is 35.3 Å². The molecule has 0 aliphatic carbocycles. The summed E-state index contributed by atoms with van der Waals surface area (Å²) in [5, 5.41) is 0. The molecule has 0 aliphatic heterocycles. The highest BCUT2D eigenvalue weighted by atomic mass is 14.6. The van der Waals surface area contributed by atoms with E-state index in [1.165, 1.54) is 12.8 Å². The van der Waals surface area contributed by atoms with E-state index in [4.69, 9.17) is 5.73 Å². The molecule has 112 valence electrons. The summed E-state index contributed by atoms with van der Waals surface area (Å²) in [6.45, 7) is 15.7. The van der Waals surface area contributed by atoms with E-state index in [1.54, 1.807) is 0 Å². The second kappa shape index (κ2) is 9.43. The molecule has 0 saturated carbocycles. The lowest BCUT2D eigenvalue weighted by molar-refractivity contribution is 0.357. The van der Waals surface area contributed by atoms with Crippen LogP contribution in [0, 0.1) is 41.4 Å². The first-order valence-corrected chi connectivity index (χ1v) is 7.98. The molecule has 0 aromatic rings. The minimum Gasteiger partial charge on any atom is -0.327 e. The minimum atomic E-state index is 0.329. The van der Waals surface area contributed by atoms with Gasteiger partial charge in [-0.25, -0.2) is 0 Å². The number of hydrogen-bond acceptors (Lipinski definition) is 1. The summed E-state index contributed by atoms with van der Waals surface area (Å²) in [7, 11) is 0. The highest BCUT2D eigenvalue weighted by Crippen LogP contribution is 2.19. The van der Waals surface area contributed by atoms with E-state index in [0.717, 1.165) is 12.3 Å². The first-order chi connectivity index (χ1) is 8.72. The van der Waals surface area contributed by atoms with Crippen molar-refractivity contribution in [1.82, 2.24) is 0 Å². The van der Waals surface area contributed by atoms with Gasteiger partial charge in [0.05, 0.1) is 0 Å². The Labute approximate surface area is 121 Å². The standard InChI is InChI=1S/C18H35N/c1-13(2)10-15(5)8-9-16(6)11-17(7)12-18(19)14(3)4/h13-18H,10-12,19H2,1-7H3. The second-order valence-corrected chi connectivity index (χ2v) is 7.20. The Bertz CT molecular complexity index is 282. The minimum absolute atomic E-state index is 0.329. The van der Waals surface area contributed by atoms with Gasteiger partial charge < -0.3 is 5.73 Å². The van der Waals surface area contributed by atoms with Crippen molar-refractivity contribution in [3.05, 3.63) is 0 Å². The maximum Gasteiger partial charge on any atom is 0.0177 e. The number of nitrogens with two attached hydrogens (primary N) is 1. The zero-order chi connectivity index (χ0) is 15.0. The van der Waals surface area contributed by atoms with Crippen molar-refractivity contribution in [3.8, 4) is 11.8 Å². The molecule has 0 aromatic carbocycles. The van der Waals surface area contributed by atoms with Gasteiger partial charge in [0.15, 0.2) is 0 Å². The van der Waals surface area contributed by atoms with Gasteiger partial charge in [0, 0.05) is 17.9 Å². The molecule has 0 heterocycles. The zero-order valence-electron chi connectivity index (χ0n) is 14.2. The molecule has 0 amide bonds. The zero-order valence-corrected chi connectivity index (χ0v) is 14.2. The van der Waals surface area contributed by atoms with Gasteiger partial charge in [-0.2, -0.15) is 0 Å². The van der Waals surface area contributed by atoms with Crippen LogP contribution in [0.4, 0.5) is 0 Å². The Morgan fingerprint density at radius 3 is 1.63 bits per heavy atom. The highest BCUT2D eigenvalue weighted by molar-refractivity contribution is 5.05. The highest BCUT2D eigenvalue weighted by Gasteiger charge is 2.14. The molecule has 4 atom stereocenters. The SMILES string of the molecule is CC(C)CC(C)C#CC(C)CC(C)CC(N)C(C)C. The fourth-order valence-corrected chi connectivity index (χ4v) is 2.55. The molecule has 0 rings (SSSR count). The van der Waals surface area contributed by atoms with Crippen molar-refractivity contribution >= 4 is 0 Å². The Balaban J connectivity index is 4.09. The molecular weight excluding hydrogens is 230 g/mol. The van der Waals surface area contributed by atoms with Crippen LogP contribution in [0.1, 0.15) is 67.7 Å². The molecule has 0 bridgehead atoms. The van der Waals surface area contributed by atoms with Crippen LogP contribution < -0.4 is 5.73 Å². The van der Waals surface area contributed by atoms with Gasteiger partial charge in [-0.1, -0.05) is 60.3 Å². The van der Waals surface area contributed by atoms with E-state index in [0.29, 0.717) is 29.7 Å². The molecule has 0 aliphatic rings. The van der Waals surface area contributed by atoms with E-state index in [-0.39, 0.29) is 0 Å². The predicted molar refractivity (Wildman–Crippen MR) is 86.8 cm³/mol. The van der Waals surface area contributed by atoms with Crippen molar-refractivity contribution in [2.75, 3.05) is 0 Å².